The Balaban J connectivity index is 2.42. The molecule has 0 bridgehead atoms. The molecule has 0 heterocycles. The van der Waals surface area contributed by atoms with E-state index in [1.165, 1.54) is 5.56 Å². The van der Waals surface area contributed by atoms with Gasteiger partial charge in [-0.3, -0.25) is 0 Å². The largest absolute Gasteiger partial charge is 0.377 e. The van der Waals surface area contributed by atoms with Crippen LogP contribution in [0.15, 0.2) is 24.3 Å². The van der Waals surface area contributed by atoms with Gasteiger partial charge in [0.15, 0.2) is 0 Å². The second kappa shape index (κ2) is 5.78. The van der Waals surface area contributed by atoms with Gasteiger partial charge in [-0.25, -0.2) is 0 Å². The SMILES string of the molecule is CC(C)COCc1cccc(CN)c1. The molecule has 0 saturated heterocycles. The van der Waals surface area contributed by atoms with Crippen LogP contribution < -0.4 is 5.73 Å². The lowest BCUT2D eigenvalue weighted by molar-refractivity contribution is 0.0970. The van der Waals surface area contributed by atoms with Crippen molar-refractivity contribution in [2.45, 2.75) is 27.0 Å². The normalized spacial score (nSPS) is 10.9. The number of benzene rings is 1. The van der Waals surface area contributed by atoms with Gasteiger partial charge in [-0.15, -0.1) is 0 Å². The highest BCUT2D eigenvalue weighted by Crippen LogP contribution is 2.06. The molecule has 0 saturated carbocycles. The minimum absolute atomic E-state index is 0.590. The summed E-state index contributed by atoms with van der Waals surface area (Å²) in [5, 5.41) is 0. The maximum absolute atomic E-state index is 5.55. The Hall–Kier alpha value is -0.860. The van der Waals surface area contributed by atoms with Gasteiger partial charge in [-0.2, -0.15) is 0 Å². The monoisotopic (exact) mass is 193 g/mol. The molecule has 0 radical (unpaired) electrons. The number of nitrogens with two attached hydrogens (primary N) is 1. The van der Waals surface area contributed by atoms with Crippen molar-refractivity contribution in [3.05, 3.63) is 35.4 Å². The molecule has 2 N–H and O–H groups in total. The Morgan fingerprint density at radius 2 is 2.00 bits per heavy atom. The fraction of sp³-hybridized carbons (Fsp3) is 0.500. The fourth-order valence-corrected chi connectivity index (χ4v) is 1.26. The highest BCUT2D eigenvalue weighted by molar-refractivity contribution is 5.22. The van der Waals surface area contributed by atoms with Crippen molar-refractivity contribution in [1.29, 1.82) is 0 Å². The van der Waals surface area contributed by atoms with E-state index in [-0.39, 0.29) is 0 Å². The van der Waals surface area contributed by atoms with E-state index in [9.17, 15) is 0 Å². The van der Waals surface area contributed by atoms with E-state index in [1.54, 1.807) is 0 Å². The van der Waals surface area contributed by atoms with Crippen LogP contribution in [-0.2, 0) is 17.9 Å². The van der Waals surface area contributed by atoms with Crippen LogP contribution in [0.2, 0.25) is 0 Å². The van der Waals surface area contributed by atoms with E-state index in [2.05, 4.69) is 26.0 Å². The summed E-state index contributed by atoms with van der Waals surface area (Å²) in [5.74, 6) is 0.590. The lowest BCUT2D eigenvalue weighted by atomic mass is 10.1. The molecular formula is C12H19NO. The van der Waals surface area contributed by atoms with Crippen molar-refractivity contribution in [3.63, 3.8) is 0 Å². The molecule has 0 fully saturated rings. The molecule has 0 amide bonds. The molecule has 0 aromatic heterocycles. The summed E-state index contributed by atoms with van der Waals surface area (Å²) < 4.78 is 5.54. The van der Waals surface area contributed by atoms with E-state index in [1.807, 2.05) is 12.1 Å². The average Bonchev–Trinajstić information content (AvgIpc) is 2.18. The van der Waals surface area contributed by atoms with Gasteiger partial charge in [0, 0.05) is 13.2 Å². The Morgan fingerprint density at radius 1 is 1.29 bits per heavy atom. The fourth-order valence-electron chi connectivity index (χ4n) is 1.26. The zero-order chi connectivity index (χ0) is 10.4. The molecule has 1 aromatic carbocycles. The van der Waals surface area contributed by atoms with Crippen molar-refractivity contribution in [1.82, 2.24) is 0 Å². The molecular weight excluding hydrogens is 174 g/mol. The molecule has 0 aliphatic rings. The van der Waals surface area contributed by atoms with E-state index < -0.39 is 0 Å². The van der Waals surface area contributed by atoms with E-state index in [4.69, 9.17) is 10.5 Å². The molecule has 14 heavy (non-hydrogen) atoms. The van der Waals surface area contributed by atoms with Gasteiger partial charge in [0.05, 0.1) is 6.61 Å². The standard InChI is InChI=1S/C12H19NO/c1-10(2)8-14-9-12-5-3-4-11(6-12)7-13/h3-6,10H,7-9,13H2,1-2H3. The first-order valence-corrected chi connectivity index (χ1v) is 5.08. The Bertz CT molecular complexity index is 271. The first kappa shape index (κ1) is 11.2. The van der Waals surface area contributed by atoms with Crippen LogP contribution in [0.3, 0.4) is 0 Å². The first-order chi connectivity index (χ1) is 6.72. The lowest BCUT2D eigenvalue weighted by Crippen LogP contribution is -2.03. The molecule has 2 heteroatoms. The smallest absolute Gasteiger partial charge is 0.0717 e. The third-order valence-electron chi connectivity index (χ3n) is 1.95. The zero-order valence-electron chi connectivity index (χ0n) is 8.99. The molecule has 0 atom stereocenters. The molecule has 0 unspecified atom stereocenters. The van der Waals surface area contributed by atoms with Crippen molar-refractivity contribution >= 4 is 0 Å². The molecule has 0 aliphatic carbocycles. The highest BCUT2D eigenvalue weighted by Gasteiger charge is 1.97. The summed E-state index contributed by atoms with van der Waals surface area (Å²) in [6, 6.07) is 8.22. The summed E-state index contributed by atoms with van der Waals surface area (Å²) >= 11 is 0. The first-order valence-electron chi connectivity index (χ1n) is 5.08. The lowest BCUT2D eigenvalue weighted by Gasteiger charge is -2.07. The van der Waals surface area contributed by atoms with Crippen LogP contribution >= 0.6 is 0 Å². The summed E-state index contributed by atoms with van der Waals surface area (Å²) in [7, 11) is 0. The zero-order valence-corrected chi connectivity index (χ0v) is 8.99. The van der Waals surface area contributed by atoms with Crippen molar-refractivity contribution in [2.75, 3.05) is 6.61 Å². The summed E-state index contributed by atoms with van der Waals surface area (Å²) in [6.07, 6.45) is 0. The molecule has 0 spiro atoms. The van der Waals surface area contributed by atoms with Crippen LogP contribution in [0.25, 0.3) is 0 Å². The van der Waals surface area contributed by atoms with Crippen molar-refractivity contribution in [3.8, 4) is 0 Å². The number of rotatable bonds is 5. The van der Waals surface area contributed by atoms with Crippen LogP contribution in [0.4, 0.5) is 0 Å². The maximum atomic E-state index is 5.55. The van der Waals surface area contributed by atoms with E-state index in [0.29, 0.717) is 19.1 Å². The Morgan fingerprint density at radius 3 is 2.64 bits per heavy atom. The molecule has 0 aliphatic heterocycles. The molecule has 1 rings (SSSR count). The predicted octanol–water partition coefficient (Wildman–Crippen LogP) is 2.32. The van der Waals surface area contributed by atoms with Gasteiger partial charge < -0.3 is 10.5 Å². The molecule has 78 valence electrons. The quantitative estimate of drug-likeness (QED) is 0.779. The second-order valence-corrected chi connectivity index (χ2v) is 3.93. The minimum Gasteiger partial charge on any atom is -0.377 e. The number of hydrogen-bond donors (Lipinski definition) is 1. The van der Waals surface area contributed by atoms with E-state index >= 15 is 0 Å². The summed E-state index contributed by atoms with van der Waals surface area (Å²) in [4.78, 5) is 0. The van der Waals surface area contributed by atoms with Crippen LogP contribution in [0.1, 0.15) is 25.0 Å². The molecule has 2 nitrogen and oxygen atoms in total. The maximum Gasteiger partial charge on any atom is 0.0717 e. The van der Waals surface area contributed by atoms with Crippen molar-refractivity contribution in [2.24, 2.45) is 11.7 Å². The van der Waals surface area contributed by atoms with Gasteiger partial charge in [0.25, 0.3) is 0 Å². The van der Waals surface area contributed by atoms with Crippen LogP contribution in [-0.4, -0.2) is 6.61 Å². The van der Waals surface area contributed by atoms with Gasteiger partial charge in [-0.05, 0) is 17.0 Å². The van der Waals surface area contributed by atoms with Gasteiger partial charge in [0.1, 0.15) is 0 Å². The Kier molecular flexibility index (Phi) is 4.63. The van der Waals surface area contributed by atoms with Crippen molar-refractivity contribution < 1.29 is 4.74 Å². The predicted molar refractivity (Wildman–Crippen MR) is 58.8 cm³/mol. The molecule has 1 aromatic rings. The van der Waals surface area contributed by atoms with Crippen LogP contribution in [0.5, 0.6) is 0 Å². The Labute approximate surface area is 86.1 Å². The highest BCUT2D eigenvalue weighted by atomic mass is 16.5. The third-order valence-corrected chi connectivity index (χ3v) is 1.95. The van der Waals surface area contributed by atoms with Gasteiger partial charge >= 0.3 is 0 Å². The van der Waals surface area contributed by atoms with Crippen LogP contribution in [0, 0.1) is 5.92 Å². The minimum atomic E-state index is 0.590. The average molecular weight is 193 g/mol. The third kappa shape index (κ3) is 3.90. The number of hydrogen-bond acceptors (Lipinski definition) is 2. The van der Waals surface area contributed by atoms with Gasteiger partial charge in [-0.1, -0.05) is 38.1 Å². The summed E-state index contributed by atoms with van der Waals surface area (Å²) in [5.41, 5.74) is 7.92. The summed E-state index contributed by atoms with van der Waals surface area (Å²) in [6.45, 7) is 6.39. The van der Waals surface area contributed by atoms with Gasteiger partial charge in [0.2, 0.25) is 0 Å². The topological polar surface area (TPSA) is 35.2 Å². The van der Waals surface area contributed by atoms with E-state index in [0.717, 1.165) is 12.2 Å². The second-order valence-electron chi connectivity index (χ2n) is 3.93. The number of ether oxygens (including phenoxy) is 1.